The Morgan fingerprint density at radius 1 is 1.16 bits per heavy atom. The number of carbonyl (C=O) groups excluding carboxylic acids is 1. The van der Waals surface area contributed by atoms with Gasteiger partial charge in [-0.05, 0) is 46.3 Å². The number of benzene rings is 2. The second kappa shape index (κ2) is 5.49. The summed E-state index contributed by atoms with van der Waals surface area (Å²) in [5.41, 5.74) is 5.88. The highest BCUT2D eigenvalue weighted by Gasteiger charge is 2.17. The molecule has 0 bridgehead atoms. The molecule has 0 aliphatic heterocycles. The van der Waals surface area contributed by atoms with Gasteiger partial charge in [0, 0.05) is 20.6 Å². The van der Waals surface area contributed by atoms with Crippen LogP contribution in [0.5, 0.6) is 0 Å². The molecule has 0 amide bonds. The van der Waals surface area contributed by atoms with Crippen molar-refractivity contribution in [1.29, 1.82) is 0 Å². The molecule has 0 saturated carbocycles. The SMILES string of the molecule is Nc1cc(C(=O)c2ccc(Cl)cc2Cl)c(Br)cc1F. The normalized spacial score (nSPS) is 10.5. The maximum absolute atomic E-state index is 13.2. The van der Waals surface area contributed by atoms with Crippen molar-refractivity contribution in [2.24, 2.45) is 0 Å². The summed E-state index contributed by atoms with van der Waals surface area (Å²) in [5.74, 6) is -0.953. The molecule has 2 aromatic rings. The molecule has 0 atom stereocenters. The summed E-state index contributed by atoms with van der Waals surface area (Å²) in [5, 5.41) is 0.659. The predicted octanol–water partition coefficient (Wildman–Crippen LogP) is 4.71. The number of ketones is 1. The number of nitrogen functional groups attached to an aromatic ring is 1. The van der Waals surface area contributed by atoms with Crippen molar-refractivity contribution >= 4 is 50.6 Å². The maximum Gasteiger partial charge on any atom is 0.195 e. The number of carbonyl (C=O) groups is 1. The van der Waals surface area contributed by atoms with Gasteiger partial charge in [0.25, 0.3) is 0 Å². The summed E-state index contributed by atoms with van der Waals surface area (Å²) in [7, 11) is 0. The van der Waals surface area contributed by atoms with Crippen LogP contribution in [0.25, 0.3) is 0 Å². The fourth-order valence-electron chi connectivity index (χ4n) is 1.56. The van der Waals surface area contributed by atoms with Crippen molar-refractivity contribution in [3.63, 3.8) is 0 Å². The fourth-order valence-corrected chi connectivity index (χ4v) is 2.55. The highest BCUT2D eigenvalue weighted by molar-refractivity contribution is 9.10. The number of hydrogen-bond acceptors (Lipinski definition) is 2. The predicted molar refractivity (Wildman–Crippen MR) is 78.4 cm³/mol. The molecule has 2 rings (SSSR count). The minimum atomic E-state index is -0.592. The molecule has 2 nitrogen and oxygen atoms in total. The number of rotatable bonds is 2. The van der Waals surface area contributed by atoms with E-state index in [0.29, 0.717) is 9.50 Å². The van der Waals surface area contributed by atoms with E-state index in [4.69, 9.17) is 28.9 Å². The molecule has 2 N–H and O–H groups in total. The standard InChI is InChI=1S/C13H7BrCl2FNO/c14-9-5-11(17)12(18)4-8(9)13(19)7-2-1-6(15)3-10(7)16/h1-5H,18H2. The summed E-state index contributed by atoms with van der Waals surface area (Å²) in [6, 6.07) is 6.96. The minimum absolute atomic E-state index is 0.100. The number of halogens is 4. The van der Waals surface area contributed by atoms with Crippen molar-refractivity contribution in [3.05, 3.63) is 61.8 Å². The largest absolute Gasteiger partial charge is 0.396 e. The van der Waals surface area contributed by atoms with Crippen LogP contribution < -0.4 is 5.73 Å². The van der Waals surface area contributed by atoms with Crippen molar-refractivity contribution < 1.29 is 9.18 Å². The maximum atomic E-state index is 13.2. The van der Waals surface area contributed by atoms with E-state index in [0.717, 1.165) is 6.07 Å². The molecule has 0 aromatic heterocycles. The Kier molecular flexibility index (Phi) is 4.13. The van der Waals surface area contributed by atoms with Gasteiger partial charge in [0.2, 0.25) is 0 Å². The highest BCUT2D eigenvalue weighted by atomic mass is 79.9. The first-order chi connectivity index (χ1) is 8.90. The van der Waals surface area contributed by atoms with Crippen LogP contribution in [0.3, 0.4) is 0 Å². The summed E-state index contributed by atoms with van der Waals surface area (Å²) >= 11 is 14.9. The highest BCUT2D eigenvalue weighted by Crippen LogP contribution is 2.28. The second-order valence-corrected chi connectivity index (χ2v) is 5.50. The van der Waals surface area contributed by atoms with Gasteiger partial charge in [0.05, 0.1) is 10.7 Å². The van der Waals surface area contributed by atoms with Gasteiger partial charge in [-0.3, -0.25) is 4.79 Å². The van der Waals surface area contributed by atoms with Gasteiger partial charge in [-0.15, -0.1) is 0 Å². The first-order valence-electron chi connectivity index (χ1n) is 5.14. The van der Waals surface area contributed by atoms with Gasteiger partial charge in [-0.25, -0.2) is 4.39 Å². The van der Waals surface area contributed by atoms with Gasteiger partial charge in [0.15, 0.2) is 5.78 Å². The molecule has 98 valence electrons. The molecule has 0 saturated heterocycles. The van der Waals surface area contributed by atoms with E-state index >= 15 is 0 Å². The Morgan fingerprint density at radius 3 is 2.47 bits per heavy atom. The van der Waals surface area contributed by atoms with Gasteiger partial charge in [-0.1, -0.05) is 23.2 Å². The smallest absolute Gasteiger partial charge is 0.195 e. The van der Waals surface area contributed by atoms with Crippen LogP contribution in [-0.2, 0) is 0 Å². The van der Waals surface area contributed by atoms with Crippen LogP contribution >= 0.6 is 39.1 Å². The van der Waals surface area contributed by atoms with E-state index in [9.17, 15) is 9.18 Å². The Labute approximate surface area is 127 Å². The van der Waals surface area contributed by atoms with E-state index in [2.05, 4.69) is 15.9 Å². The van der Waals surface area contributed by atoms with Crippen molar-refractivity contribution in [2.45, 2.75) is 0 Å². The van der Waals surface area contributed by atoms with Crippen LogP contribution in [0.1, 0.15) is 15.9 Å². The van der Waals surface area contributed by atoms with Crippen LogP contribution in [0.15, 0.2) is 34.8 Å². The first-order valence-corrected chi connectivity index (χ1v) is 6.69. The molecule has 0 aliphatic rings. The molecule has 0 heterocycles. The molecule has 0 fully saturated rings. The average Bonchev–Trinajstić information content (AvgIpc) is 2.33. The second-order valence-electron chi connectivity index (χ2n) is 3.81. The number of anilines is 1. The number of nitrogens with two attached hydrogens (primary N) is 1. The van der Waals surface area contributed by atoms with E-state index in [1.165, 1.54) is 18.2 Å². The summed E-state index contributed by atoms with van der Waals surface area (Å²) in [6.45, 7) is 0. The van der Waals surface area contributed by atoms with Gasteiger partial charge >= 0.3 is 0 Å². The summed E-state index contributed by atoms with van der Waals surface area (Å²) in [6.07, 6.45) is 0. The number of hydrogen-bond donors (Lipinski definition) is 1. The Morgan fingerprint density at radius 2 is 1.84 bits per heavy atom. The van der Waals surface area contributed by atoms with Crippen molar-refractivity contribution in [3.8, 4) is 0 Å². The van der Waals surface area contributed by atoms with E-state index < -0.39 is 5.82 Å². The van der Waals surface area contributed by atoms with Crippen LogP contribution in [0.2, 0.25) is 10.0 Å². The van der Waals surface area contributed by atoms with Gasteiger partial charge < -0.3 is 5.73 Å². The Balaban J connectivity index is 2.53. The van der Waals surface area contributed by atoms with E-state index in [1.54, 1.807) is 6.07 Å². The van der Waals surface area contributed by atoms with Crippen LogP contribution in [0.4, 0.5) is 10.1 Å². The van der Waals surface area contributed by atoms with E-state index in [-0.39, 0.29) is 27.6 Å². The van der Waals surface area contributed by atoms with E-state index in [1.807, 2.05) is 0 Å². The van der Waals surface area contributed by atoms with Crippen molar-refractivity contribution in [1.82, 2.24) is 0 Å². The third-order valence-electron chi connectivity index (χ3n) is 2.51. The lowest BCUT2D eigenvalue weighted by Gasteiger charge is -2.08. The zero-order chi connectivity index (χ0) is 14.2. The Hall–Kier alpha value is -1.10. The quantitative estimate of drug-likeness (QED) is 0.621. The molecule has 0 radical (unpaired) electrons. The molecule has 2 aromatic carbocycles. The van der Waals surface area contributed by atoms with Crippen LogP contribution in [-0.4, -0.2) is 5.78 Å². The summed E-state index contributed by atoms with van der Waals surface area (Å²) < 4.78 is 13.6. The molecule has 6 heteroatoms. The molecular formula is C13H7BrCl2FNO. The van der Waals surface area contributed by atoms with Gasteiger partial charge in [-0.2, -0.15) is 0 Å². The third kappa shape index (κ3) is 2.91. The molecule has 0 spiro atoms. The molecular weight excluding hydrogens is 356 g/mol. The molecule has 0 unspecified atom stereocenters. The van der Waals surface area contributed by atoms with Crippen molar-refractivity contribution in [2.75, 3.05) is 5.73 Å². The minimum Gasteiger partial charge on any atom is -0.396 e. The lowest BCUT2D eigenvalue weighted by Crippen LogP contribution is -2.05. The molecule has 0 aliphatic carbocycles. The van der Waals surface area contributed by atoms with Crippen LogP contribution in [0, 0.1) is 5.82 Å². The zero-order valence-electron chi connectivity index (χ0n) is 9.38. The zero-order valence-corrected chi connectivity index (χ0v) is 12.5. The summed E-state index contributed by atoms with van der Waals surface area (Å²) in [4.78, 5) is 12.3. The first kappa shape index (κ1) is 14.3. The topological polar surface area (TPSA) is 43.1 Å². The lowest BCUT2D eigenvalue weighted by molar-refractivity contribution is 0.103. The lowest BCUT2D eigenvalue weighted by atomic mass is 10.0. The molecule has 19 heavy (non-hydrogen) atoms. The average molecular weight is 363 g/mol. The third-order valence-corrected chi connectivity index (χ3v) is 3.71. The monoisotopic (exact) mass is 361 g/mol. The van der Waals surface area contributed by atoms with Gasteiger partial charge in [0.1, 0.15) is 5.82 Å². The fraction of sp³-hybridized carbons (Fsp3) is 0. The Bertz CT molecular complexity index is 676.